The summed E-state index contributed by atoms with van der Waals surface area (Å²) in [7, 11) is 0. The van der Waals surface area contributed by atoms with Crippen LogP contribution in [0.3, 0.4) is 0 Å². The molecule has 2 rings (SSSR count). The van der Waals surface area contributed by atoms with E-state index in [0.29, 0.717) is 12.5 Å². The number of hydrogen-bond donors (Lipinski definition) is 2. The Morgan fingerprint density at radius 1 is 1.58 bits per heavy atom. The Morgan fingerprint density at radius 2 is 2.42 bits per heavy atom. The van der Waals surface area contributed by atoms with E-state index in [1.165, 1.54) is 12.1 Å². The minimum atomic E-state index is -0.195. The zero-order valence-electron chi connectivity index (χ0n) is 6.68. The molecule has 1 unspecified atom stereocenters. The molecule has 1 aliphatic rings. The highest BCUT2D eigenvalue weighted by Gasteiger charge is 2.20. The van der Waals surface area contributed by atoms with E-state index in [0.717, 1.165) is 17.8 Å². The summed E-state index contributed by atoms with van der Waals surface area (Å²) in [5.41, 5.74) is 7.58. The SMILES string of the molecule is NCC1CNc2cc(F)ccc21. The summed E-state index contributed by atoms with van der Waals surface area (Å²) in [5, 5.41) is 3.12. The Morgan fingerprint density at radius 3 is 3.17 bits per heavy atom. The lowest BCUT2D eigenvalue weighted by Gasteiger charge is -2.04. The van der Waals surface area contributed by atoms with Crippen molar-refractivity contribution in [2.24, 2.45) is 5.73 Å². The van der Waals surface area contributed by atoms with Crippen LogP contribution in [-0.2, 0) is 0 Å². The van der Waals surface area contributed by atoms with Crippen LogP contribution in [0.5, 0.6) is 0 Å². The second kappa shape index (κ2) is 2.75. The molecule has 0 bridgehead atoms. The molecule has 1 aromatic rings. The van der Waals surface area contributed by atoms with Gasteiger partial charge >= 0.3 is 0 Å². The Hall–Kier alpha value is -1.09. The third-order valence-electron chi connectivity index (χ3n) is 2.28. The molecular weight excluding hydrogens is 155 g/mol. The summed E-state index contributed by atoms with van der Waals surface area (Å²) >= 11 is 0. The minimum Gasteiger partial charge on any atom is -0.384 e. The zero-order chi connectivity index (χ0) is 8.55. The van der Waals surface area contributed by atoms with E-state index in [1.807, 2.05) is 6.07 Å². The van der Waals surface area contributed by atoms with Gasteiger partial charge < -0.3 is 11.1 Å². The van der Waals surface area contributed by atoms with Crippen LogP contribution in [0.4, 0.5) is 10.1 Å². The fourth-order valence-electron chi connectivity index (χ4n) is 1.59. The van der Waals surface area contributed by atoms with Gasteiger partial charge in [-0.15, -0.1) is 0 Å². The first kappa shape index (κ1) is 7.55. The summed E-state index contributed by atoms with van der Waals surface area (Å²) < 4.78 is 12.7. The maximum absolute atomic E-state index is 12.7. The smallest absolute Gasteiger partial charge is 0.125 e. The summed E-state index contributed by atoms with van der Waals surface area (Å²) in [5.74, 6) is 0.152. The molecule has 0 aliphatic carbocycles. The highest BCUT2D eigenvalue weighted by atomic mass is 19.1. The Kier molecular flexibility index (Phi) is 1.73. The summed E-state index contributed by atoms with van der Waals surface area (Å²) in [4.78, 5) is 0. The van der Waals surface area contributed by atoms with E-state index < -0.39 is 0 Å². The van der Waals surface area contributed by atoms with Gasteiger partial charge in [-0.05, 0) is 17.7 Å². The number of nitrogens with two attached hydrogens (primary N) is 1. The van der Waals surface area contributed by atoms with Crippen molar-refractivity contribution in [2.45, 2.75) is 5.92 Å². The lowest BCUT2D eigenvalue weighted by atomic mass is 10.0. The average Bonchev–Trinajstić information content (AvgIpc) is 2.46. The topological polar surface area (TPSA) is 38.0 Å². The number of nitrogens with one attached hydrogen (secondary N) is 1. The molecule has 1 aliphatic heterocycles. The standard InChI is InChI=1S/C9H11FN2/c10-7-1-2-8-6(4-11)5-12-9(8)3-7/h1-3,6,12H,4-5,11H2. The molecule has 1 aromatic carbocycles. The fraction of sp³-hybridized carbons (Fsp3) is 0.333. The van der Waals surface area contributed by atoms with Gasteiger partial charge in [-0.3, -0.25) is 0 Å². The first-order chi connectivity index (χ1) is 5.81. The zero-order valence-corrected chi connectivity index (χ0v) is 6.68. The van der Waals surface area contributed by atoms with E-state index in [9.17, 15) is 4.39 Å². The van der Waals surface area contributed by atoms with Crippen LogP contribution in [-0.4, -0.2) is 13.1 Å². The molecule has 12 heavy (non-hydrogen) atoms. The van der Waals surface area contributed by atoms with Crippen molar-refractivity contribution >= 4 is 5.69 Å². The quantitative estimate of drug-likeness (QED) is 0.659. The number of rotatable bonds is 1. The molecule has 0 saturated heterocycles. The first-order valence-electron chi connectivity index (χ1n) is 4.04. The summed E-state index contributed by atoms with van der Waals surface area (Å²) in [6.45, 7) is 1.45. The molecule has 0 fully saturated rings. The molecule has 0 saturated carbocycles. The maximum atomic E-state index is 12.7. The van der Waals surface area contributed by atoms with Gasteiger partial charge in [0, 0.05) is 24.7 Å². The van der Waals surface area contributed by atoms with Gasteiger partial charge in [-0.25, -0.2) is 4.39 Å². The molecular formula is C9H11FN2. The normalized spacial score (nSPS) is 20.3. The Labute approximate surface area is 70.6 Å². The van der Waals surface area contributed by atoms with Gasteiger partial charge in [0.25, 0.3) is 0 Å². The van der Waals surface area contributed by atoms with Crippen molar-refractivity contribution in [2.75, 3.05) is 18.4 Å². The molecule has 1 atom stereocenters. The summed E-state index contributed by atoms with van der Waals surface area (Å²) in [6.07, 6.45) is 0. The second-order valence-corrected chi connectivity index (χ2v) is 3.05. The van der Waals surface area contributed by atoms with Crippen molar-refractivity contribution in [3.63, 3.8) is 0 Å². The maximum Gasteiger partial charge on any atom is 0.125 e. The Bertz CT molecular complexity index is 299. The van der Waals surface area contributed by atoms with Gasteiger partial charge in [0.2, 0.25) is 0 Å². The van der Waals surface area contributed by atoms with Gasteiger partial charge in [-0.1, -0.05) is 6.07 Å². The minimum absolute atomic E-state index is 0.195. The van der Waals surface area contributed by atoms with Crippen molar-refractivity contribution < 1.29 is 4.39 Å². The second-order valence-electron chi connectivity index (χ2n) is 3.05. The molecule has 0 aromatic heterocycles. The molecule has 3 heteroatoms. The van der Waals surface area contributed by atoms with Crippen LogP contribution in [0.15, 0.2) is 18.2 Å². The lowest BCUT2D eigenvalue weighted by molar-refractivity contribution is 0.627. The van der Waals surface area contributed by atoms with E-state index in [-0.39, 0.29) is 5.82 Å². The van der Waals surface area contributed by atoms with E-state index in [4.69, 9.17) is 5.73 Å². The average molecular weight is 166 g/mol. The fourth-order valence-corrected chi connectivity index (χ4v) is 1.59. The number of fused-ring (bicyclic) bond motifs is 1. The predicted molar refractivity (Wildman–Crippen MR) is 46.7 cm³/mol. The van der Waals surface area contributed by atoms with Crippen LogP contribution in [0, 0.1) is 5.82 Å². The number of halogens is 1. The summed E-state index contributed by atoms with van der Waals surface area (Å²) in [6, 6.07) is 4.81. The molecule has 64 valence electrons. The molecule has 0 amide bonds. The van der Waals surface area contributed by atoms with E-state index >= 15 is 0 Å². The van der Waals surface area contributed by atoms with Crippen LogP contribution in [0.2, 0.25) is 0 Å². The van der Waals surface area contributed by atoms with Crippen LogP contribution in [0.1, 0.15) is 11.5 Å². The first-order valence-corrected chi connectivity index (χ1v) is 4.04. The molecule has 1 heterocycles. The molecule has 0 spiro atoms. The van der Waals surface area contributed by atoms with Crippen LogP contribution >= 0.6 is 0 Å². The Balaban J connectivity index is 2.40. The third kappa shape index (κ3) is 1.06. The van der Waals surface area contributed by atoms with E-state index in [2.05, 4.69) is 5.32 Å². The molecule has 3 N–H and O–H groups in total. The van der Waals surface area contributed by atoms with Crippen molar-refractivity contribution in [3.8, 4) is 0 Å². The van der Waals surface area contributed by atoms with Gasteiger partial charge in [-0.2, -0.15) is 0 Å². The van der Waals surface area contributed by atoms with Gasteiger partial charge in [0.05, 0.1) is 0 Å². The highest BCUT2D eigenvalue weighted by molar-refractivity contribution is 5.57. The highest BCUT2D eigenvalue weighted by Crippen LogP contribution is 2.30. The lowest BCUT2D eigenvalue weighted by Crippen LogP contribution is -2.13. The van der Waals surface area contributed by atoms with Crippen molar-refractivity contribution in [3.05, 3.63) is 29.6 Å². The van der Waals surface area contributed by atoms with Crippen LogP contribution < -0.4 is 11.1 Å². The van der Waals surface area contributed by atoms with Crippen molar-refractivity contribution in [1.29, 1.82) is 0 Å². The molecule has 2 nitrogen and oxygen atoms in total. The van der Waals surface area contributed by atoms with Gasteiger partial charge in [0.1, 0.15) is 5.82 Å². The third-order valence-corrected chi connectivity index (χ3v) is 2.28. The number of anilines is 1. The predicted octanol–water partition coefficient (Wildman–Crippen LogP) is 1.29. The largest absolute Gasteiger partial charge is 0.384 e. The number of hydrogen-bond acceptors (Lipinski definition) is 2. The van der Waals surface area contributed by atoms with Gasteiger partial charge in [0.15, 0.2) is 0 Å². The van der Waals surface area contributed by atoms with E-state index in [1.54, 1.807) is 0 Å². The molecule has 0 radical (unpaired) electrons. The number of benzene rings is 1. The van der Waals surface area contributed by atoms with Crippen LogP contribution in [0.25, 0.3) is 0 Å². The van der Waals surface area contributed by atoms with Crippen molar-refractivity contribution in [1.82, 2.24) is 0 Å². The monoisotopic (exact) mass is 166 g/mol.